The highest BCUT2D eigenvalue weighted by atomic mass is 15.0. The average molecular weight is 335 g/mol. The lowest BCUT2D eigenvalue weighted by atomic mass is 9.78. The third-order valence-electron chi connectivity index (χ3n) is 5.25. The monoisotopic (exact) mass is 335 g/mol. The molecule has 1 aliphatic carbocycles. The molecule has 0 saturated heterocycles. The molecule has 2 heterocycles. The normalized spacial score (nSPS) is 23.8. The van der Waals surface area contributed by atoms with Gasteiger partial charge in [0.2, 0.25) is 0 Å². The molecule has 3 aromatic rings. The van der Waals surface area contributed by atoms with Crippen LogP contribution in [0.15, 0.2) is 48.7 Å². The zero-order valence-corrected chi connectivity index (χ0v) is 14.4. The zero-order chi connectivity index (χ0) is 17.1. The van der Waals surface area contributed by atoms with E-state index in [1.54, 1.807) is 6.20 Å². The fraction of sp³-hybridized carbons (Fsp3) is 0.400. The SMILES string of the molecule is NC1CCC(NCc2nc3ncccc3[nH]2)CC1Cc1ccccc1. The van der Waals surface area contributed by atoms with Crippen LogP contribution < -0.4 is 11.1 Å². The minimum atomic E-state index is 0.300. The molecule has 25 heavy (non-hydrogen) atoms. The fourth-order valence-corrected chi connectivity index (χ4v) is 3.84. The summed E-state index contributed by atoms with van der Waals surface area (Å²) in [6.07, 6.45) is 6.17. The van der Waals surface area contributed by atoms with E-state index in [0.717, 1.165) is 49.2 Å². The molecule has 5 nitrogen and oxygen atoms in total. The molecule has 4 N–H and O–H groups in total. The van der Waals surface area contributed by atoms with Crippen LogP contribution in [0.1, 0.15) is 30.7 Å². The van der Waals surface area contributed by atoms with Crippen LogP contribution in [0.2, 0.25) is 0 Å². The Bertz CT molecular complexity index is 780. The molecule has 5 heteroatoms. The first-order valence-corrected chi connectivity index (χ1v) is 9.10. The van der Waals surface area contributed by atoms with E-state index in [9.17, 15) is 0 Å². The van der Waals surface area contributed by atoms with Crippen LogP contribution in [0.25, 0.3) is 11.2 Å². The number of rotatable bonds is 5. The molecule has 0 bridgehead atoms. The largest absolute Gasteiger partial charge is 0.340 e. The van der Waals surface area contributed by atoms with Gasteiger partial charge in [-0.3, -0.25) is 0 Å². The van der Waals surface area contributed by atoms with Crippen LogP contribution in [-0.2, 0) is 13.0 Å². The van der Waals surface area contributed by atoms with Crippen molar-refractivity contribution in [2.45, 2.75) is 44.3 Å². The van der Waals surface area contributed by atoms with Gasteiger partial charge in [0.1, 0.15) is 5.82 Å². The van der Waals surface area contributed by atoms with Crippen molar-refractivity contribution in [2.24, 2.45) is 11.7 Å². The summed E-state index contributed by atoms with van der Waals surface area (Å²) in [7, 11) is 0. The van der Waals surface area contributed by atoms with E-state index in [0.29, 0.717) is 18.0 Å². The van der Waals surface area contributed by atoms with Gasteiger partial charge in [-0.05, 0) is 49.3 Å². The molecule has 2 aromatic heterocycles. The van der Waals surface area contributed by atoms with Crippen LogP contribution in [-0.4, -0.2) is 27.0 Å². The van der Waals surface area contributed by atoms with Gasteiger partial charge >= 0.3 is 0 Å². The van der Waals surface area contributed by atoms with Gasteiger partial charge < -0.3 is 16.0 Å². The number of hydrogen-bond acceptors (Lipinski definition) is 4. The molecule has 0 spiro atoms. The lowest BCUT2D eigenvalue weighted by Crippen LogP contribution is -2.44. The number of nitrogens with one attached hydrogen (secondary N) is 2. The number of nitrogens with two attached hydrogens (primary N) is 1. The minimum absolute atomic E-state index is 0.300. The van der Waals surface area contributed by atoms with Crippen LogP contribution in [0.4, 0.5) is 0 Å². The van der Waals surface area contributed by atoms with Crippen molar-refractivity contribution in [2.75, 3.05) is 0 Å². The molecule has 1 saturated carbocycles. The molecule has 0 amide bonds. The first kappa shape index (κ1) is 16.2. The second-order valence-corrected chi connectivity index (χ2v) is 7.06. The summed E-state index contributed by atoms with van der Waals surface area (Å²) >= 11 is 0. The molecule has 3 atom stereocenters. The quantitative estimate of drug-likeness (QED) is 0.670. The van der Waals surface area contributed by atoms with E-state index in [-0.39, 0.29) is 0 Å². The Morgan fingerprint density at radius 2 is 2.00 bits per heavy atom. The van der Waals surface area contributed by atoms with Crippen molar-refractivity contribution in [1.29, 1.82) is 0 Å². The highest BCUT2D eigenvalue weighted by molar-refractivity contribution is 5.69. The molecule has 4 rings (SSSR count). The Morgan fingerprint density at radius 1 is 1.12 bits per heavy atom. The minimum Gasteiger partial charge on any atom is -0.340 e. The van der Waals surface area contributed by atoms with Gasteiger partial charge in [0.05, 0.1) is 12.1 Å². The van der Waals surface area contributed by atoms with Crippen molar-refractivity contribution in [3.05, 3.63) is 60.0 Å². The number of hydrogen-bond donors (Lipinski definition) is 3. The third-order valence-corrected chi connectivity index (χ3v) is 5.25. The molecular weight excluding hydrogens is 310 g/mol. The Morgan fingerprint density at radius 3 is 2.84 bits per heavy atom. The highest BCUT2D eigenvalue weighted by Crippen LogP contribution is 2.27. The molecule has 1 fully saturated rings. The van der Waals surface area contributed by atoms with E-state index in [4.69, 9.17) is 5.73 Å². The number of fused-ring (bicyclic) bond motifs is 1. The van der Waals surface area contributed by atoms with Crippen molar-refractivity contribution in [3.63, 3.8) is 0 Å². The fourth-order valence-electron chi connectivity index (χ4n) is 3.84. The van der Waals surface area contributed by atoms with E-state index in [1.165, 1.54) is 5.56 Å². The summed E-state index contributed by atoms with van der Waals surface area (Å²) in [5, 5.41) is 3.66. The number of H-pyrrole nitrogens is 1. The topological polar surface area (TPSA) is 79.6 Å². The van der Waals surface area contributed by atoms with Crippen LogP contribution in [0, 0.1) is 5.92 Å². The average Bonchev–Trinajstić information content (AvgIpc) is 3.06. The summed E-state index contributed by atoms with van der Waals surface area (Å²) in [5.74, 6) is 1.48. The Kier molecular flexibility index (Phi) is 4.76. The second kappa shape index (κ2) is 7.33. The van der Waals surface area contributed by atoms with Gasteiger partial charge in [0, 0.05) is 18.3 Å². The third kappa shape index (κ3) is 3.89. The summed E-state index contributed by atoms with van der Waals surface area (Å²) in [6.45, 7) is 0.744. The van der Waals surface area contributed by atoms with E-state index >= 15 is 0 Å². The summed E-state index contributed by atoms with van der Waals surface area (Å²) in [5.41, 5.74) is 9.55. The first-order chi connectivity index (χ1) is 12.3. The van der Waals surface area contributed by atoms with Gasteiger partial charge in [0.25, 0.3) is 0 Å². The lowest BCUT2D eigenvalue weighted by Gasteiger charge is -2.34. The maximum Gasteiger partial charge on any atom is 0.177 e. The molecule has 130 valence electrons. The number of pyridine rings is 1. The van der Waals surface area contributed by atoms with Gasteiger partial charge in [0.15, 0.2) is 5.65 Å². The number of nitrogens with zero attached hydrogens (tertiary/aromatic N) is 2. The lowest BCUT2D eigenvalue weighted by molar-refractivity contribution is 0.248. The van der Waals surface area contributed by atoms with Crippen molar-refractivity contribution in [3.8, 4) is 0 Å². The van der Waals surface area contributed by atoms with Crippen LogP contribution >= 0.6 is 0 Å². The Balaban J connectivity index is 1.36. The molecule has 3 unspecified atom stereocenters. The number of aromatic amines is 1. The Hall–Kier alpha value is -2.24. The number of benzene rings is 1. The second-order valence-electron chi connectivity index (χ2n) is 7.06. The predicted octanol–water partition coefficient (Wildman–Crippen LogP) is 2.79. The maximum absolute atomic E-state index is 6.39. The summed E-state index contributed by atoms with van der Waals surface area (Å²) < 4.78 is 0. The van der Waals surface area contributed by atoms with Gasteiger partial charge in [-0.15, -0.1) is 0 Å². The molecule has 1 aliphatic rings. The van der Waals surface area contributed by atoms with Crippen molar-refractivity contribution in [1.82, 2.24) is 20.3 Å². The highest BCUT2D eigenvalue weighted by Gasteiger charge is 2.28. The smallest absolute Gasteiger partial charge is 0.177 e. The predicted molar refractivity (Wildman–Crippen MR) is 100.0 cm³/mol. The van der Waals surface area contributed by atoms with E-state index in [1.807, 2.05) is 12.1 Å². The van der Waals surface area contributed by atoms with Crippen LogP contribution in [0.5, 0.6) is 0 Å². The van der Waals surface area contributed by atoms with Gasteiger partial charge in [-0.2, -0.15) is 0 Å². The molecule has 0 radical (unpaired) electrons. The first-order valence-electron chi connectivity index (χ1n) is 9.10. The van der Waals surface area contributed by atoms with Gasteiger partial charge in [-0.1, -0.05) is 30.3 Å². The number of aromatic nitrogens is 3. The van der Waals surface area contributed by atoms with Gasteiger partial charge in [-0.25, -0.2) is 9.97 Å². The molecule has 1 aromatic carbocycles. The standard InChI is InChI=1S/C20H25N5/c21-17-9-8-16(12-15(17)11-14-5-2-1-3-6-14)23-13-19-24-18-7-4-10-22-20(18)25-19/h1-7,10,15-17,23H,8-9,11-13,21H2,(H,22,24,25). The van der Waals surface area contributed by atoms with Crippen molar-refractivity contribution < 1.29 is 0 Å². The van der Waals surface area contributed by atoms with E-state index < -0.39 is 0 Å². The maximum atomic E-state index is 6.39. The van der Waals surface area contributed by atoms with E-state index in [2.05, 4.69) is 50.6 Å². The molecular formula is C20H25N5. The van der Waals surface area contributed by atoms with Crippen molar-refractivity contribution >= 4 is 11.2 Å². The summed E-state index contributed by atoms with van der Waals surface area (Å²) in [4.78, 5) is 12.2. The summed E-state index contributed by atoms with van der Waals surface area (Å²) in [6, 6.07) is 15.4. The van der Waals surface area contributed by atoms with Crippen LogP contribution in [0.3, 0.4) is 0 Å². The Labute approximate surface area is 148 Å². The molecule has 0 aliphatic heterocycles. The number of imidazole rings is 1. The zero-order valence-electron chi connectivity index (χ0n) is 14.4.